The Morgan fingerprint density at radius 3 is 2.84 bits per heavy atom. The van der Waals surface area contributed by atoms with Crippen molar-refractivity contribution in [3.63, 3.8) is 0 Å². The van der Waals surface area contributed by atoms with Gasteiger partial charge in [-0.05, 0) is 12.1 Å². The van der Waals surface area contributed by atoms with E-state index in [2.05, 4.69) is 19.9 Å². The summed E-state index contributed by atoms with van der Waals surface area (Å²) >= 11 is 1.38. The number of H-pyrrole nitrogens is 2. The van der Waals surface area contributed by atoms with E-state index in [4.69, 9.17) is 5.73 Å². The summed E-state index contributed by atoms with van der Waals surface area (Å²) < 4.78 is 0. The Kier molecular flexibility index (Phi) is 2.96. The monoisotopic (exact) mass is 273 g/mol. The quantitative estimate of drug-likeness (QED) is 0.496. The highest BCUT2D eigenvalue weighted by molar-refractivity contribution is 7.98. The van der Waals surface area contributed by atoms with E-state index < -0.39 is 0 Å². The number of thioether (sulfide) groups is 1. The van der Waals surface area contributed by atoms with Crippen LogP contribution in [0.25, 0.3) is 11.0 Å². The topological polar surface area (TPSA) is 100 Å². The number of hydrogen-bond donors (Lipinski definition) is 3. The number of nitrogens with zero attached hydrogens (tertiary/aromatic N) is 2. The lowest BCUT2D eigenvalue weighted by Gasteiger charge is -1.99. The summed E-state index contributed by atoms with van der Waals surface area (Å²) in [4.78, 5) is 25.6. The molecule has 3 rings (SSSR count). The number of rotatable bonds is 3. The van der Waals surface area contributed by atoms with Gasteiger partial charge in [0, 0.05) is 6.07 Å². The normalized spacial score (nSPS) is 10.9. The molecule has 2 heterocycles. The van der Waals surface area contributed by atoms with Crippen LogP contribution in [-0.4, -0.2) is 19.9 Å². The second-order valence-corrected chi connectivity index (χ2v) is 4.93. The highest BCUT2D eigenvalue weighted by atomic mass is 32.2. The lowest BCUT2D eigenvalue weighted by molar-refractivity contribution is 0.942. The van der Waals surface area contributed by atoms with Crippen molar-refractivity contribution in [2.24, 2.45) is 0 Å². The first-order valence-corrected chi connectivity index (χ1v) is 6.62. The maximum absolute atomic E-state index is 11.3. The number of imidazole rings is 1. The number of para-hydroxylation sites is 2. The minimum atomic E-state index is -0.250. The van der Waals surface area contributed by atoms with Crippen molar-refractivity contribution in [1.29, 1.82) is 0 Å². The maximum atomic E-state index is 11.3. The molecule has 0 amide bonds. The Balaban J connectivity index is 1.80. The second kappa shape index (κ2) is 4.77. The Hall–Kier alpha value is -2.28. The van der Waals surface area contributed by atoms with Crippen LogP contribution in [-0.2, 0) is 5.75 Å². The Labute approximate surface area is 112 Å². The minimum absolute atomic E-state index is 0.218. The molecule has 19 heavy (non-hydrogen) atoms. The zero-order valence-electron chi connectivity index (χ0n) is 9.88. The molecule has 0 atom stereocenters. The Bertz CT molecular complexity index is 746. The molecule has 0 aliphatic carbocycles. The van der Waals surface area contributed by atoms with Crippen LogP contribution < -0.4 is 11.3 Å². The van der Waals surface area contributed by atoms with Crippen LogP contribution in [0.4, 0.5) is 5.82 Å². The van der Waals surface area contributed by atoms with E-state index in [9.17, 15) is 4.79 Å². The predicted octanol–water partition coefficient (Wildman–Crippen LogP) is 1.52. The van der Waals surface area contributed by atoms with E-state index >= 15 is 0 Å². The lowest BCUT2D eigenvalue weighted by atomic mass is 10.3. The van der Waals surface area contributed by atoms with Crippen LogP contribution in [0.1, 0.15) is 5.82 Å². The summed E-state index contributed by atoms with van der Waals surface area (Å²) in [6.45, 7) is 0. The third-order valence-corrected chi connectivity index (χ3v) is 3.41. The maximum Gasteiger partial charge on any atom is 0.253 e. The third kappa shape index (κ3) is 2.60. The Morgan fingerprint density at radius 1 is 1.21 bits per heavy atom. The van der Waals surface area contributed by atoms with Crippen LogP contribution >= 0.6 is 11.8 Å². The van der Waals surface area contributed by atoms with Gasteiger partial charge >= 0.3 is 0 Å². The first-order chi connectivity index (χ1) is 9.20. The lowest BCUT2D eigenvalue weighted by Crippen LogP contribution is -2.09. The molecule has 0 fully saturated rings. The van der Waals surface area contributed by atoms with Gasteiger partial charge in [-0.1, -0.05) is 23.9 Å². The smallest absolute Gasteiger partial charge is 0.253 e. The molecule has 0 aliphatic rings. The molecule has 3 aromatic rings. The van der Waals surface area contributed by atoms with Crippen LogP contribution in [0.15, 0.2) is 40.3 Å². The largest absolute Gasteiger partial charge is 0.383 e. The molecule has 2 aromatic heterocycles. The van der Waals surface area contributed by atoms with Gasteiger partial charge in [0.2, 0.25) is 0 Å². The predicted molar refractivity (Wildman–Crippen MR) is 74.9 cm³/mol. The molecule has 0 bridgehead atoms. The fourth-order valence-electron chi connectivity index (χ4n) is 1.73. The summed E-state index contributed by atoms with van der Waals surface area (Å²) in [6, 6.07) is 9.06. The third-order valence-electron chi connectivity index (χ3n) is 2.52. The van der Waals surface area contributed by atoms with E-state index in [-0.39, 0.29) is 11.4 Å². The summed E-state index contributed by atoms with van der Waals surface area (Å²) in [5, 5.41) is 0.491. The number of benzene rings is 1. The number of anilines is 1. The molecule has 6 nitrogen and oxygen atoms in total. The first-order valence-electron chi connectivity index (χ1n) is 5.64. The first kappa shape index (κ1) is 11.8. The van der Waals surface area contributed by atoms with Crippen molar-refractivity contribution in [3.05, 3.63) is 46.5 Å². The molecule has 0 radical (unpaired) electrons. The van der Waals surface area contributed by atoms with Gasteiger partial charge < -0.3 is 15.7 Å². The van der Waals surface area contributed by atoms with Crippen LogP contribution in [0.3, 0.4) is 0 Å². The zero-order chi connectivity index (χ0) is 13.2. The average Bonchev–Trinajstić information content (AvgIpc) is 2.78. The molecule has 0 saturated heterocycles. The van der Waals surface area contributed by atoms with Gasteiger partial charge in [0.05, 0.1) is 16.8 Å². The molecule has 96 valence electrons. The van der Waals surface area contributed by atoms with Crippen LogP contribution in [0.2, 0.25) is 0 Å². The minimum Gasteiger partial charge on any atom is -0.383 e. The highest BCUT2D eigenvalue weighted by Crippen LogP contribution is 2.19. The zero-order valence-corrected chi connectivity index (χ0v) is 10.7. The molecule has 1 aromatic carbocycles. The Morgan fingerprint density at radius 2 is 2.05 bits per heavy atom. The van der Waals surface area contributed by atoms with Crippen molar-refractivity contribution in [2.45, 2.75) is 10.9 Å². The number of nitrogens with one attached hydrogen (secondary N) is 2. The summed E-state index contributed by atoms with van der Waals surface area (Å²) in [5.74, 6) is 1.63. The number of hydrogen-bond acceptors (Lipinski definition) is 5. The molecule has 0 saturated carbocycles. The number of aromatic amines is 2. The number of nitrogen functional groups attached to an aromatic ring is 1. The number of nitrogens with two attached hydrogens (primary N) is 1. The highest BCUT2D eigenvalue weighted by Gasteiger charge is 2.05. The van der Waals surface area contributed by atoms with E-state index in [1.165, 1.54) is 17.8 Å². The summed E-state index contributed by atoms with van der Waals surface area (Å²) in [5.41, 5.74) is 7.19. The van der Waals surface area contributed by atoms with Gasteiger partial charge in [-0.15, -0.1) is 0 Å². The van der Waals surface area contributed by atoms with Gasteiger partial charge in [-0.25, -0.2) is 9.97 Å². The molecular formula is C12H11N5OS. The van der Waals surface area contributed by atoms with Crippen LogP contribution in [0, 0.1) is 0 Å². The molecule has 0 spiro atoms. The number of aromatic nitrogens is 4. The van der Waals surface area contributed by atoms with E-state index in [0.29, 0.717) is 10.9 Å². The van der Waals surface area contributed by atoms with Gasteiger partial charge in [-0.3, -0.25) is 4.79 Å². The fraction of sp³-hybridized carbons (Fsp3) is 0.0833. The van der Waals surface area contributed by atoms with E-state index in [1.54, 1.807) is 0 Å². The van der Waals surface area contributed by atoms with Crippen molar-refractivity contribution in [3.8, 4) is 0 Å². The second-order valence-electron chi connectivity index (χ2n) is 3.96. The van der Waals surface area contributed by atoms with E-state index in [1.807, 2.05) is 24.3 Å². The summed E-state index contributed by atoms with van der Waals surface area (Å²) in [7, 11) is 0. The van der Waals surface area contributed by atoms with E-state index in [0.717, 1.165) is 16.9 Å². The SMILES string of the molecule is Nc1cc(=O)[nH]c(SCc2nc3ccccc3[nH]2)n1. The molecule has 4 N–H and O–H groups in total. The van der Waals surface area contributed by atoms with Crippen molar-refractivity contribution >= 4 is 28.6 Å². The van der Waals surface area contributed by atoms with Gasteiger partial charge in [0.15, 0.2) is 5.16 Å². The van der Waals surface area contributed by atoms with Crippen molar-refractivity contribution < 1.29 is 0 Å². The molecular weight excluding hydrogens is 262 g/mol. The standard InChI is InChI=1S/C12H11N5OS/c13-9-5-11(18)17-12(16-9)19-6-10-14-7-3-1-2-4-8(7)15-10/h1-5H,6H2,(H,14,15)(H3,13,16,17,18). The van der Waals surface area contributed by atoms with Crippen molar-refractivity contribution in [1.82, 2.24) is 19.9 Å². The molecule has 0 aliphatic heterocycles. The van der Waals surface area contributed by atoms with Gasteiger partial charge in [-0.2, -0.15) is 0 Å². The average molecular weight is 273 g/mol. The fourth-order valence-corrected chi connectivity index (χ4v) is 2.49. The number of fused-ring (bicyclic) bond motifs is 1. The van der Waals surface area contributed by atoms with Crippen molar-refractivity contribution in [2.75, 3.05) is 5.73 Å². The van der Waals surface area contributed by atoms with Gasteiger partial charge in [0.1, 0.15) is 11.6 Å². The molecule has 7 heteroatoms. The van der Waals surface area contributed by atoms with Crippen LogP contribution in [0.5, 0.6) is 0 Å². The summed E-state index contributed by atoms with van der Waals surface area (Å²) in [6.07, 6.45) is 0. The molecule has 0 unspecified atom stereocenters. The van der Waals surface area contributed by atoms with Gasteiger partial charge in [0.25, 0.3) is 5.56 Å².